The van der Waals surface area contributed by atoms with Gasteiger partial charge in [-0.25, -0.2) is 4.79 Å². The second-order valence-electron chi connectivity index (χ2n) is 4.16. The lowest BCUT2D eigenvalue weighted by Gasteiger charge is -2.07. The van der Waals surface area contributed by atoms with Crippen LogP contribution in [0.4, 0.5) is 5.69 Å². The summed E-state index contributed by atoms with van der Waals surface area (Å²) in [4.78, 5) is 20.8. The molecule has 7 heteroatoms. The molecule has 2 rings (SSSR count). The second-order valence-corrected chi connectivity index (χ2v) is 4.57. The van der Waals surface area contributed by atoms with Crippen LogP contribution in [0.5, 0.6) is 5.75 Å². The van der Waals surface area contributed by atoms with Gasteiger partial charge in [-0.1, -0.05) is 23.7 Å². The number of hydrogen-bond donors (Lipinski definition) is 1. The average molecular weight is 308 g/mol. The van der Waals surface area contributed by atoms with Gasteiger partial charge >= 0.3 is 5.97 Å². The van der Waals surface area contributed by atoms with E-state index in [0.29, 0.717) is 5.75 Å². The first kappa shape index (κ1) is 14.8. The molecular weight excluding hydrogens is 298 g/mol. The zero-order chi connectivity index (χ0) is 15.4. The Bertz CT molecular complexity index is 684. The number of rotatable bonds is 5. The van der Waals surface area contributed by atoms with Crippen molar-refractivity contribution < 1.29 is 19.6 Å². The zero-order valence-electron chi connectivity index (χ0n) is 10.7. The van der Waals surface area contributed by atoms with Crippen molar-refractivity contribution in [2.75, 3.05) is 0 Å². The lowest BCUT2D eigenvalue weighted by atomic mass is 10.1. The van der Waals surface area contributed by atoms with Crippen molar-refractivity contribution in [1.29, 1.82) is 0 Å². The Kier molecular flexibility index (Phi) is 4.39. The number of carbonyl (C=O) groups is 1. The number of nitro groups is 1. The lowest BCUT2D eigenvalue weighted by Crippen LogP contribution is -1.99. The summed E-state index contributed by atoms with van der Waals surface area (Å²) in [5, 5.41) is 19.4. The lowest BCUT2D eigenvalue weighted by molar-refractivity contribution is -0.384. The van der Waals surface area contributed by atoms with Gasteiger partial charge in [0.1, 0.15) is 17.4 Å². The molecule has 0 spiro atoms. The average Bonchev–Trinajstić information content (AvgIpc) is 2.45. The van der Waals surface area contributed by atoms with E-state index in [1.807, 2.05) is 0 Å². The van der Waals surface area contributed by atoms with Crippen LogP contribution in [0.2, 0.25) is 5.02 Å². The molecule has 1 N–H and O–H groups in total. The summed E-state index contributed by atoms with van der Waals surface area (Å²) in [5.74, 6) is -0.600. The molecule has 0 aliphatic heterocycles. The van der Waals surface area contributed by atoms with Crippen molar-refractivity contribution in [1.82, 2.24) is 0 Å². The van der Waals surface area contributed by atoms with Crippen LogP contribution in [0, 0.1) is 10.1 Å². The smallest absolute Gasteiger partial charge is 0.335 e. The van der Waals surface area contributed by atoms with Gasteiger partial charge in [0, 0.05) is 12.1 Å². The van der Waals surface area contributed by atoms with Crippen LogP contribution in [-0.4, -0.2) is 16.0 Å². The first-order chi connectivity index (χ1) is 9.97. The molecule has 0 saturated heterocycles. The molecule has 2 aromatic carbocycles. The largest absolute Gasteiger partial charge is 0.489 e. The molecule has 0 aromatic heterocycles. The topological polar surface area (TPSA) is 89.7 Å². The van der Waals surface area contributed by atoms with Crippen molar-refractivity contribution in [2.45, 2.75) is 6.61 Å². The Labute approximate surface area is 124 Å². The molecule has 0 unspecified atom stereocenters. The van der Waals surface area contributed by atoms with Gasteiger partial charge in [-0.15, -0.1) is 0 Å². The Hall–Kier alpha value is -2.60. The first-order valence-corrected chi connectivity index (χ1v) is 6.24. The summed E-state index contributed by atoms with van der Waals surface area (Å²) < 4.78 is 5.45. The molecule has 0 aliphatic rings. The first-order valence-electron chi connectivity index (χ1n) is 5.86. The van der Waals surface area contributed by atoms with Crippen LogP contribution in [0.25, 0.3) is 0 Å². The SMILES string of the molecule is O=C(O)c1ccc(COc2ccc([N+](=O)[O-])c(Cl)c2)cc1. The molecule has 2 aromatic rings. The fourth-order valence-corrected chi connectivity index (χ4v) is 1.88. The van der Waals surface area contributed by atoms with Gasteiger partial charge in [0.25, 0.3) is 5.69 Å². The highest BCUT2D eigenvalue weighted by molar-refractivity contribution is 6.32. The maximum atomic E-state index is 10.7. The Morgan fingerprint density at radius 1 is 1.24 bits per heavy atom. The molecule has 6 nitrogen and oxygen atoms in total. The fraction of sp³-hybridized carbons (Fsp3) is 0.0714. The maximum Gasteiger partial charge on any atom is 0.335 e. The molecule has 0 fully saturated rings. The molecule has 0 radical (unpaired) electrons. The summed E-state index contributed by atoms with van der Waals surface area (Å²) in [6.07, 6.45) is 0. The number of carboxylic acids is 1. The van der Waals surface area contributed by atoms with Crippen LogP contribution in [0.3, 0.4) is 0 Å². The van der Waals surface area contributed by atoms with Crippen LogP contribution in [0.1, 0.15) is 15.9 Å². The normalized spacial score (nSPS) is 10.1. The van der Waals surface area contributed by atoms with Crippen molar-refractivity contribution in [3.05, 3.63) is 68.7 Å². The van der Waals surface area contributed by atoms with E-state index < -0.39 is 10.9 Å². The van der Waals surface area contributed by atoms with E-state index >= 15 is 0 Å². The summed E-state index contributed by atoms with van der Waals surface area (Å²) >= 11 is 5.77. The van der Waals surface area contributed by atoms with E-state index in [2.05, 4.69) is 0 Å². The van der Waals surface area contributed by atoms with Crippen molar-refractivity contribution in [3.63, 3.8) is 0 Å². The molecule has 0 bridgehead atoms. The fourth-order valence-electron chi connectivity index (χ4n) is 1.64. The Balaban J connectivity index is 2.04. The van der Waals surface area contributed by atoms with Crippen LogP contribution >= 0.6 is 11.6 Å². The van der Waals surface area contributed by atoms with Crippen LogP contribution in [-0.2, 0) is 6.61 Å². The number of nitrogens with zero attached hydrogens (tertiary/aromatic N) is 1. The van der Waals surface area contributed by atoms with Gasteiger partial charge in [-0.2, -0.15) is 0 Å². The summed E-state index contributed by atoms with van der Waals surface area (Å²) in [7, 11) is 0. The molecule has 0 saturated carbocycles. The highest BCUT2D eigenvalue weighted by atomic mass is 35.5. The summed E-state index contributed by atoms with van der Waals surface area (Å²) in [6, 6.07) is 10.3. The molecule has 0 atom stereocenters. The highest BCUT2D eigenvalue weighted by Gasteiger charge is 2.12. The van der Waals surface area contributed by atoms with E-state index in [0.717, 1.165) is 5.56 Å². The Morgan fingerprint density at radius 2 is 1.90 bits per heavy atom. The Morgan fingerprint density at radius 3 is 2.43 bits per heavy atom. The van der Waals surface area contributed by atoms with Gasteiger partial charge in [0.15, 0.2) is 0 Å². The molecule has 0 aliphatic carbocycles. The highest BCUT2D eigenvalue weighted by Crippen LogP contribution is 2.28. The van der Waals surface area contributed by atoms with E-state index in [1.165, 1.54) is 30.3 Å². The number of nitro benzene ring substituents is 1. The van der Waals surface area contributed by atoms with Crippen LogP contribution in [0.15, 0.2) is 42.5 Å². The van der Waals surface area contributed by atoms with Gasteiger partial charge in [-0.3, -0.25) is 10.1 Å². The third kappa shape index (κ3) is 3.70. The minimum Gasteiger partial charge on any atom is -0.489 e. The number of aromatic carboxylic acids is 1. The minimum atomic E-state index is -0.996. The summed E-state index contributed by atoms with van der Waals surface area (Å²) in [6.45, 7) is 0.202. The van der Waals surface area contributed by atoms with Gasteiger partial charge in [-0.05, 0) is 23.8 Å². The standard InChI is InChI=1S/C14H10ClNO5/c15-12-7-11(5-6-13(12)16(19)20)21-8-9-1-3-10(4-2-9)14(17)18/h1-7H,8H2,(H,17,18). The number of benzene rings is 2. The third-order valence-corrected chi connectivity index (χ3v) is 3.02. The number of hydrogen-bond acceptors (Lipinski definition) is 4. The van der Waals surface area contributed by atoms with Crippen LogP contribution < -0.4 is 4.74 Å². The predicted octanol–water partition coefficient (Wildman–Crippen LogP) is 3.53. The van der Waals surface area contributed by atoms with E-state index in [1.54, 1.807) is 12.1 Å². The molecular formula is C14H10ClNO5. The van der Waals surface area contributed by atoms with Crippen molar-refractivity contribution in [3.8, 4) is 5.75 Å². The zero-order valence-corrected chi connectivity index (χ0v) is 11.4. The quantitative estimate of drug-likeness (QED) is 0.674. The monoisotopic (exact) mass is 307 g/mol. The van der Waals surface area contributed by atoms with Gasteiger partial charge in [0.2, 0.25) is 0 Å². The number of ether oxygens (including phenoxy) is 1. The third-order valence-electron chi connectivity index (χ3n) is 2.72. The predicted molar refractivity (Wildman–Crippen MR) is 75.8 cm³/mol. The number of carboxylic acid groups (broad SMARTS) is 1. The van der Waals surface area contributed by atoms with E-state index in [9.17, 15) is 14.9 Å². The second kappa shape index (κ2) is 6.23. The van der Waals surface area contributed by atoms with Crippen molar-refractivity contribution >= 4 is 23.3 Å². The molecule has 0 amide bonds. The van der Waals surface area contributed by atoms with Gasteiger partial charge < -0.3 is 9.84 Å². The maximum absolute atomic E-state index is 10.7. The summed E-state index contributed by atoms with van der Waals surface area (Å²) in [5.41, 5.74) is 0.779. The number of halogens is 1. The van der Waals surface area contributed by atoms with Gasteiger partial charge in [0.05, 0.1) is 10.5 Å². The molecule has 108 valence electrons. The molecule has 0 heterocycles. The van der Waals surface area contributed by atoms with E-state index in [4.69, 9.17) is 21.4 Å². The van der Waals surface area contributed by atoms with Crippen molar-refractivity contribution in [2.24, 2.45) is 0 Å². The molecule has 21 heavy (non-hydrogen) atoms. The minimum absolute atomic E-state index is 0.00118. The van der Waals surface area contributed by atoms with E-state index in [-0.39, 0.29) is 22.9 Å².